The van der Waals surface area contributed by atoms with E-state index in [2.05, 4.69) is 20.9 Å². The number of rotatable bonds is 3. The molecular weight excluding hydrogens is 264 g/mol. The van der Waals surface area contributed by atoms with E-state index in [4.69, 9.17) is 10.2 Å². The van der Waals surface area contributed by atoms with Crippen LogP contribution in [-0.4, -0.2) is 11.5 Å². The maximum Gasteiger partial charge on any atom is 0.236 e. The Morgan fingerprint density at radius 1 is 1.50 bits per heavy atom. The zero-order valence-corrected chi connectivity index (χ0v) is 9.77. The second kappa shape index (κ2) is 4.25. The van der Waals surface area contributed by atoms with E-state index in [-0.39, 0.29) is 0 Å². The fraction of sp³-hybridized carbons (Fsp3) is 0.222. The second-order valence-electron chi connectivity index (χ2n) is 2.79. The van der Waals surface area contributed by atoms with Crippen LogP contribution in [0, 0.1) is 0 Å². The van der Waals surface area contributed by atoms with Crippen LogP contribution in [0.5, 0.6) is 0 Å². The summed E-state index contributed by atoms with van der Waals surface area (Å²) < 4.78 is 6.41. The van der Waals surface area contributed by atoms with Gasteiger partial charge in [-0.15, -0.1) is 11.3 Å². The van der Waals surface area contributed by atoms with Crippen LogP contribution in [0.4, 0.5) is 0 Å². The van der Waals surface area contributed by atoms with E-state index in [1.165, 1.54) is 0 Å². The highest BCUT2D eigenvalue weighted by Crippen LogP contribution is 2.30. The van der Waals surface area contributed by atoms with Gasteiger partial charge >= 0.3 is 0 Å². The normalized spacial score (nSPS) is 10.7. The van der Waals surface area contributed by atoms with Crippen molar-refractivity contribution < 1.29 is 4.42 Å². The first-order valence-corrected chi connectivity index (χ1v) is 5.80. The molecule has 0 atom stereocenters. The predicted octanol–water partition coefficient (Wildman–Crippen LogP) is 2.67. The molecule has 5 heteroatoms. The minimum Gasteiger partial charge on any atom is -0.444 e. The highest BCUT2D eigenvalue weighted by molar-refractivity contribution is 9.11. The lowest BCUT2D eigenvalue weighted by Crippen LogP contribution is -2.02. The molecule has 2 rings (SSSR count). The van der Waals surface area contributed by atoms with Crippen LogP contribution in [0.1, 0.15) is 5.69 Å². The Morgan fingerprint density at radius 3 is 3.00 bits per heavy atom. The summed E-state index contributed by atoms with van der Waals surface area (Å²) in [6, 6.07) is 3.96. The van der Waals surface area contributed by atoms with Gasteiger partial charge in [0.2, 0.25) is 5.89 Å². The first-order chi connectivity index (χ1) is 6.79. The number of nitrogens with zero attached hydrogens (tertiary/aromatic N) is 1. The van der Waals surface area contributed by atoms with Gasteiger partial charge in [-0.25, -0.2) is 4.98 Å². The molecule has 2 heterocycles. The number of oxazole rings is 1. The molecule has 0 radical (unpaired) electrons. The molecule has 0 aliphatic heterocycles. The van der Waals surface area contributed by atoms with Crippen molar-refractivity contribution in [2.45, 2.75) is 6.42 Å². The summed E-state index contributed by atoms with van der Waals surface area (Å²) in [5.41, 5.74) is 6.34. The zero-order valence-electron chi connectivity index (χ0n) is 7.37. The average molecular weight is 273 g/mol. The molecule has 0 saturated heterocycles. The molecule has 3 nitrogen and oxygen atoms in total. The van der Waals surface area contributed by atoms with Crippen LogP contribution in [0.25, 0.3) is 10.8 Å². The summed E-state index contributed by atoms with van der Waals surface area (Å²) in [4.78, 5) is 5.35. The van der Waals surface area contributed by atoms with Gasteiger partial charge in [-0.05, 0) is 34.6 Å². The lowest BCUT2D eigenvalue weighted by Gasteiger charge is -1.87. The van der Waals surface area contributed by atoms with Crippen LogP contribution >= 0.6 is 27.3 Å². The first kappa shape index (κ1) is 9.89. The third kappa shape index (κ3) is 2.05. The summed E-state index contributed by atoms with van der Waals surface area (Å²) >= 11 is 5.00. The Labute approximate surface area is 94.1 Å². The molecule has 2 aromatic rings. The van der Waals surface area contributed by atoms with Gasteiger partial charge in [-0.2, -0.15) is 0 Å². The SMILES string of the molecule is NCCc1coc(-c2ccc(Br)s2)n1. The third-order valence-electron chi connectivity index (χ3n) is 1.74. The number of aromatic nitrogens is 1. The Morgan fingerprint density at radius 2 is 2.36 bits per heavy atom. The Bertz CT molecular complexity index is 424. The standard InChI is InChI=1S/C9H9BrN2OS/c10-8-2-1-7(14-8)9-12-6(3-4-11)5-13-9/h1-2,5H,3-4,11H2. The topological polar surface area (TPSA) is 52.0 Å². The number of hydrogen-bond donors (Lipinski definition) is 1. The van der Waals surface area contributed by atoms with E-state index in [0.717, 1.165) is 20.8 Å². The van der Waals surface area contributed by atoms with Crippen LogP contribution in [-0.2, 0) is 6.42 Å². The molecule has 0 unspecified atom stereocenters. The Balaban J connectivity index is 2.24. The van der Waals surface area contributed by atoms with E-state index in [9.17, 15) is 0 Å². The predicted molar refractivity (Wildman–Crippen MR) is 60.3 cm³/mol. The average Bonchev–Trinajstić information content (AvgIpc) is 2.74. The van der Waals surface area contributed by atoms with Crippen molar-refractivity contribution in [1.82, 2.24) is 4.98 Å². The molecule has 2 N–H and O–H groups in total. The maximum atomic E-state index is 5.43. The lowest BCUT2D eigenvalue weighted by molar-refractivity contribution is 0.574. The van der Waals surface area contributed by atoms with Crippen LogP contribution in [0.2, 0.25) is 0 Å². The molecule has 2 aromatic heterocycles. The van der Waals surface area contributed by atoms with Gasteiger partial charge in [0.1, 0.15) is 6.26 Å². The van der Waals surface area contributed by atoms with Crippen molar-refractivity contribution in [2.75, 3.05) is 6.54 Å². The van der Waals surface area contributed by atoms with E-state index < -0.39 is 0 Å². The third-order valence-corrected chi connectivity index (χ3v) is 3.35. The number of thiophene rings is 1. The largest absolute Gasteiger partial charge is 0.444 e. The van der Waals surface area contributed by atoms with Crippen molar-refractivity contribution in [3.63, 3.8) is 0 Å². The zero-order chi connectivity index (χ0) is 9.97. The van der Waals surface area contributed by atoms with E-state index in [1.54, 1.807) is 17.6 Å². The first-order valence-electron chi connectivity index (χ1n) is 4.20. The molecule has 0 aliphatic carbocycles. The molecule has 0 saturated carbocycles. The molecule has 0 bridgehead atoms. The smallest absolute Gasteiger partial charge is 0.236 e. The van der Waals surface area contributed by atoms with E-state index in [0.29, 0.717) is 12.4 Å². The quantitative estimate of drug-likeness (QED) is 0.935. The summed E-state index contributed by atoms with van der Waals surface area (Å²) in [5.74, 6) is 0.671. The minimum atomic E-state index is 0.597. The molecule has 74 valence electrons. The molecule has 0 aliphatic rings. The molecule has 0 spiro atoms. The molecular formula is C9H9BrN2OS. The highest BCUT2D eigenvalue weighted by atomic mass is 79.9. The monoisotopic (exact) mass is 272 g/mol. The fourth-order valence-corrected chi connectivity index (χ4v) is 2.43. The molecule has 14 heavy (non-hydrogen) atoms. The van der Waals surface area contributed by atoms with Crippen molar-refractivity contribution in [3.05, 3.63) is 27.9 Å². The van der Waals surface area contributed by atoms with Gasteiger partial charge in [-0.3, -0.25) is 0 Å². The van der Waals surface area contributed by atoms with Gasteiger partial charge in [0.25, 0.3) is 0 Å². The molecule has 0 amide bonds. The van der Waals surface area contributed by atoms with Crippen molar-refractivity contribution in [2.24, 2.45) is 5.73 Å². The van der Waals surface area contributed by atoms with Gasteiger partial charge in [0, 0.05) is 6.42 Å². The maximum absolute atomic E-state index is 5.43. The Kier molecular flexibility index (Phi) is 3.00. The van der Waals surface area contributed by atoms with E-state index >= 15 is 0 Å². The summed E-state index contributed by atoms with van der Waals surface area (Å²) in [6.45, 7) is 0.597. The summed E-state index contributed by atoms with van der Waals surface area (Å²) in [5, 5.41) is 0. The number of nitrogens with two attached hydrogens (primary N) is 1. The van der Waals surface area contributed by atoms with Crippen LogP contribution < -0.4 is 5.73 Å². The highest BCUT2D eigenvalue weighted by Gasteiger charge is 2.08. The Hall–Kier alpha value is -0.650. The van der Waals surface area contributed by atoms with Crippen molar-refractivity contribution >= 4 is 27.3 Å². The van der Waals surface area contributed by atoms with Gasteiger partial charge in [0.05, 0.1) is 14.4 Å². The van der Waals surface area contributed by atoms with Gasteiger partial charge in [-0.1, -0.05) is 0 Å². The van der Waals surface area contributed by atoms with Gasteiger partial charge < -0.3 is 10.2 Å². The number of halogens is 1. The van der Waals surface area contributed by atoms with Crippen molar-refractivity contribution in [1.29, 1.82) is 0 Å². The summed E-state index contributed by atoms with van der Waals surface area (Å²) in [7, 11) is 0. The van der Waals surface area contributed by atoms with Gasteiger partial charge in [0.15, 0.2) is 0 Å². The lowest BCUT2D eigenvalue weighted by atomic mass is 10.3. The van der Waals surface area contributed by atoms with Crippen molar-refractivity contribution in [3.8, 4) is 10.8 Å². The second-order valence-corrected chi connectivity index (χ2v) is 5.25. The van der Waals surface area contributed by atoms with E-state index in [1.807, 2.05) is 12.1 Å². The summed E-state index contributed by atoms with van der Waals surface area (Å²) in [6.07, 6.45) is 2.42. The number of hydrogen-bond acceptors (Lipinski definition) is 4. The molecule has 0 fully saturated rings. The molecule has 0 aromatic carbocycles. The van der Waals surface area contributed by atoms with Crippen LogP contribution in [0.15, 0.2) is 26.6 Å². The fourth-order valence-electron chi connectivity index (χ4n) is 1.11. The van der Waals surface area contributed by atoms with Crippen LogP contribution in [0.3, 0.4) is 0 Å². The minimum absolute atomic E-state index is 0.597.